The molecular weight excluding hydrogens is 462 g/mol. The van der Waals surface area contributed by atoms with Crippen LogP contribution in [0.4, 0.5) is 24.2 Å². The lowest BCUT2D eigenvalue weighted by Crippen LogP contribution is -2.52. The van der Waals surface area contributed by atoms with Crippen molar-refractivity contribution in [2.75, 3.05) is 18.0 Å². The van der Waals surface area contributed by atoms with Crippen molar-refractivity contribution in [3.8, 4) is 21.6 Å². The van der Waals surface area contributed by atoms with Gasteiger partial charge < -0.3 is 5.11 Å². The Morgan fingerprint density at radius 1 is 1.19 bits per heavy atom. The Hall–Kier alpha value is -3.24. The maximum atomic E-state index is 15.1. The number of urea groups is 1. The highest BCUT2D eigenvalue weighted by Crippen LogP contribution is 2.39. The fourth-order valence-electron chi connectivity index (χ4n) is 3.15. The lowest BCUT2D eigenvalue weighted by molar-refractivity contribution is 0.148. The van der Waals surface area contributed by atoms with Crippen molar-refractivity contribution in [1.29, 1.82) is 0 Å². The van der Waals surface area contributed by atoms with Crippen LogP contribution in [0, 0.1) is 11.6 Å². The summed E-state index contributed by atoms with van der Waals surface area (Å²) in [6.45, 7) is 3.22. The van der Waals surface area contributed by atoms with E-state index >= 15 is 4.39 Å². The lowest BCUT2D eigenvalue weighted by Gasteiger charge is -2.28. The van der Waals surface area contributed by atoms with E-state index in [-0.39, 0.29) is 35.1 Å². The van der Waals surface area contributed by atoms with E-state index in [1.807, 2.05) is 5.43 Å². The van der Waals surface area contributed by atoms with Crippen molar-refractivity contribution in [3.05, 3.63) is 58.6 Å². The van der Waals surface area contributed by atoms with Crippen molar-refractivity contribution >= 4 is 40.9 Å². The summed E-state index contributed by atoms with van der Waals surface area (Å²) in [5.41, 5.74) is 2.86. The standard InChI is InChI=1S/C21H19ClF2N4O3S/c1-3-27(21(31)28(4-2)26-20(29)30)19-16(24)8-12(11-25-19)14-9-13(22)10-15(23)18(14)17-6-5-7-32-17/h5-11,26H,3-4H2,1-2H3,(H,29,30). The number of amides is 3. The molecule has 3 amide bonds. The fraction of sp³-hybridized carbons (Fsp3) is 0.190. The Morgan fingerprint density at radius 2 is 1.94 bits per heavy atom. The first-order valence-corrected chi connectivity index (χ1v) is 10.8. The number of hydrogen-bond acceptors (Lipinski definition) is 4. The number of thiophene rings is 1. The van der Waals surface area contributed by atoms with E-state index in [9.17, 15) is 14.0 Å². The van der Waals surface area contributed by atoms with Crippen LogP contribution in [0.25, 0.3) is 21.6 Å². The highest BCUT2D eigenvalue weighted by atomic mass is 35.5. The van der Waals surface area contributed by atoms with Crippen molar-refractivity contribution in [2.24, 2.45) is 0 Å². The third-order valence-electron chi connectivity index (χ3n) is 4.54. The van der Waals surface area contributed by atoms with E-state index in [4.69, 9.17) is 16.7 Å². The molecule has 0 saturated heterocycles. The molecule has 1 aromatic carbocycles. The van der Waals surface area contributed by atoms with Gasteiger partial charge in [-0.15, -0.1) is 11.3 Å². The zero-order chi connectivity index (χ0) is 23.4. The van der Waals surface area contributed by atoms with Gasteiger partial charge in [-0.05, 0) is 49.1 Å². The van der Waals surface area contributed by atoms with Crippen LogP contribution in [-0.2, 0) is 0 Å². The zero-order valence-electron chi connectivity index (χ0n) is 17.1. The number of halogens is 3. The number of hydrogen-bond donors (Lipinski definition) is 2. The normalized spacial score (nSPS) is 10.7. The maximum absolute atomic E-state index is 15.1. The number of rotatable bonds is 5. The molecule has 0 spiro atoms. The van der Waals surface area contributed by atoms with Gasteiger partial charge in [0.1, 0.15) is 5.82 Å². The first kappa shape index (κ1) is 23.4. The Morgan fingerprint density at radius 3 is 2.50 bits per heavy atom. The molecule has 2 N–H and O–H groups in total. The number of aromatic nitrogens is 1. The third-order valence-corrected chi connectivity index (χ3v) is 5.64. The molecule has 0 fully saturated rings. The van der Waals surface area contributed by atoms with Gasteiger partial charge in [-0.25, -0.2) is 33.8 Å². The molecule has 2 heterocycles. The van der Waals surface area contributed by atoms with Crippen LogP contribution in [0.5, 0.6) is 0 Å². The minimum Gasteiger partial charge on any atom is -0.464 e. The van der Waals surface area contributed by atoms with Gasteiger partial charge in [-0.1, -0.05) is 17.7 Å². The van der Waals surface area contributed by atoms with Crippen molar-refractivity contribution in [2.45, 2.75) is 13.8 Å². The average molecular weight is 481 g/mol. The predicted octanol–water partition coefficient (Wildman–Crippen LogP) is 5.86. The molecule has 0 aliphatic rings. The molecule has 7 nitrogen and oxygen atoms in total. The summed E-state index contributed by atoms with van der Waals surface area (Å²) in [7, 11) is 0. The maximum Gasteiger partial charge on any atom is 0.423 e. The summed E-state index contributed by atoms with van der Waals surface area (Å²) in [5, 5.41) is 11.7. The molecule has 3 aromatic rings. The molecule has 0 saturated carbocycles. The number of carbonyl (C=O) groups is 2. The second kappa shape index (κ2) is 9.92. The molecule has 11 heteroatoms. The van der Waals surface area contributed by atoms with Gasteiger partial charge in [-0.2, -0.15) is 0 Å². The Bertz CT molecular complexity index is 1140. The molecule has 3 rings (SSSR count). The number of hydrazine groups is 1. The van der Waals surface area contributed by atoms with Gasteiger partial charge in [0.05, 0.1) is 0 Å². The van der Waals surface area contributed by atoms with Gasteiger partial charge in [0.25, 0.3) is 0 Å². The summed E-state index contributed by atoms with van der Waals surface area (Å²) in [5.74, 6) is -1.67. The van der Waals surface area contributed by atoms with Gasteiger partial charge in [-0.3, -0.25) is 4.90 Å². The Kier molecular flexibility index (Phi) is 7.26. The van der Waals surface area contributed by atoms with E-state index in [1.165, 1.54) is 29.7 Å². The number of nitrogens with zero attached hydrogens (tertiary/aromatic N) is 3. The number of anilines is 1. The van der Waals surface area contributed by atoms with E-state index in [0.717, 1.165) is 16.0 Å². The largest absolute Gasteiger partial charge is 0.464 e. The van der Waals surface area contributed by atoms with Crippen molar-refractivity contribution in [1.82, 2.24) is 15.4 Å². The summed E-state index contributed by atoms with van der Waals surface area (Å²) in [6, 6.07) is 6.57. The molecular formula is C21H19ClF2N4O3S. The molecule has 0 aliphatic heterocycles. The molecule has 0 aliphatic carbocycles. The number of benzene rings is 1. The van der Waals surface area contributed by atoms with Gasteiger partial charge >= 0.3 is 12.1 Å². The van der Waals surface area contributed by atoms with Crippen molar-refractivity contribution < 1.29 is 23.5 Å². The smallest absolute Gasteiger partial charge is 0.423 e. The topological polar surface area (TPSA) is 85.8 Å². The monoisotopic (exact) mass is 480 g/mol. The van der Waals surface area contributed by atoms with Gasteiger partial charge in [0.2, 0.25) is 0 Å². The van der Waals surface area contributed by atoms with Gasteiger partial charge in [0, 0.05) is 40.3 Å². The minimum absolute atomic E-state index is 0.0211. The van der Waals surface area contributed by atoms with Crippen LogP contribution in [-0.4, -0.2) is 40.3 Å². The van der Waals surface area contributed by atoms with Crippen LogP contribution in [0.15, 0.2) is 41.9 Å². The summed E-state index contributed by atoms with van der Waals surface area (Å²) in [6.07, 6.45) is -0.110. The van der Waals surface area contributed by atoms with E-state index in [2.05, 4.69) is 4.98 Å². The first-order valence-electron chi connectivity index (χ1n) is 9.54. The summed E-state index contributed by atoms with van der Waals surface area (Å²) in [4.78, 5) is 29.3. The molecule has 32 heavy (non-hydrogen) atoms. The van der Waals surface area contributed by atoms with E-state index in [1.54, 1.807) is 31.4 Å². The summed E-state index contributed by atoms with van der Waals surface area (Å²) < 4.78 is 29.9. The Labute approximate surface area is 191 Å². The number of carboxylic acid groups (broad SMARTS) is 1. The van der Waals surface area contributed by atoms with Gasteiger partial charge in [0.15, 0.2) is 11.6 Å². The molecule has 0 atom stereocenters. The first-order chi connectivity index (χ1) is 15.3. The predicted molar refractivity (Wildman–Crippen MR) is 120 cm³/mol. The SMILES string of the molecule is CCN(NC(=O)O)C(=O)N(CC)c1ncc(-c2cc(Cl)cc(F)c2-c2cccs2)cc1F. The Balaban J connectivity index is 2.04. The number of pyridine rings is 1. The second-order valence-electron chi connectivity index (χ2n) is 6.50. The van der Waals surface area contributed by atoms with E-state index in [0.29, 0.717) is 10.4 Å². The molecule has 0 bridgehead atoms. The second-order valence-corrected chi connectivity index (χ2v) is 7.89. The minimum atomic E-state index is -1.43. The molecule has 0 unspecified atom stereocenters. The highest BCUT2D eigenvalue weighted by Gasteiger charge is 2.26. The third kappa shape index (κ3) is 4.81. The lowest BCUT2D eigenvalue weighted by atomic mass is 9.99. The fourth-order valence-corrected chi connectivity index (χ4v) is 4.14. The van der Waals surface area contributed by atoms with Crippen molar-refractivity contribution in [3.63, 3.8) is 0 Å². The van der Waals surface area contributed by atoms with E-state index < -0.39 is 23.8 Å². The highest BCUT2D eigenvalue weighted by molar-refractivity contribution is 7.13. The van der Waals surface area contributed by atoms with Crippen LogP contribution < -0.4 is 10.3 Å². The van der Waals surface area contributed by atoms with Crippen LogP contribution in [0.1, 0.15) is 13.8 Å². The van der Waals surface area contributed by atoms with Crippen LogP contribution in [0.3, 0.4) is 0 Å². The van der Waals surface area contributed by atoms with Crippen LogP contribution in [0.2, 0.25) is 5.02 Å². The molecule has 168 valence electrons. The number of carbonyl (C=O) groups excluding carboxylic acids is 1. The average Bonchev–Trinajstić information content (AvgIpc) is 3.27. The molecule has 0 radical (unpaired) electrons. The zero-order valence-corrected chi connectivity index (χ0v) is 18.7. The molecule has 2 aromatic heterocycles. The quantitative estimate of drug-likeness (QED) is 0.448. The van der Waals surface area contributed by atoms with Crippen LogP contribution >= 0.6 is 22.9 Å². The summed E-state index contributed by atoms with van der Waals surface area (Å²) >= 11 is 7.37. The number of nitrogens with one attached hydrogen (secondary N) is 1.